The van der Waals surface area contributed by atoms with Crippen LogP contribution in [0, 0.1) is 0 Å². The quantitative estimate of drug-likeness (QED) is 0.823. The Hall–Kier alpha value is -2.28. The molecule has 124 valence electrons. The van der Waals surface area contributed by atoms with Crippen molar-refractivity contribution in [2.45, 2.75) is 19.4 Å². The summed E-state index contributed by atoms with van der Waals surface area (Å²) in [6.45, 7) is 2.70. The minimum atomic E-state index is -0.549. The highest BCUT2D eigenvalue weighted by Gasteiger charge is 2.31. The number of carbonyl (C=O) groups excluding carboxylic acids is 3. The number of nitrogens with one attached hydrogen (secondary N) is 2. The van der Waals surface area contributed by atoms with Crippen molar-refractivity contribution in [2.75, 3.05) is 25.5 Å². The Balaban J connectivity index is 2.12. The van der Waals surface area contributed by atoms with Crippen LogP contribution in [0.4, 0.5) is 10.5 Å². The van der Waals surface area contributed by atoms with E-state index < -0.39 is 12.0 Å². The number of carbonyl (C=O) groups is 3. The molecule has 0 spiro atoms. The maximum absolute atomic E-state index is 12.4. The Morgan fingerprint density at radius 2 is 2.22 bits per heavy atom. The van der Waals surface area contributed by atoms with Gasteiger partial charge in [-0.25, -0.2) is 9.59 Å². The molecule has 1 atom stereocenters. The number of ether oxygens (including phenoxy) is 1. The van der Waals surface area contributed by atoms with Crippen molar-refractivity contribution in [1.29, 1.82) is 0 Å². The second-order valence-electron chi connectivity index (χ2n) is 5.02. The van der Waals surface area contributed by atoms with E-state index in [0.717, 1.165) is 0 Å². The fourth-order valence-electron chi connectivity index (χ4n) is 2.43. The van der Waals surface area contributed by atoms with E-state index in [1.165, 1.54) is 24.1 Å². The van der Waals surface area contributed by atoms with Crippen LogP contribution in [0.1, 0.15) is 23.7 Å². The number of amides is 3. The summed E-state index contributed by atoms with van der Waals surface area (Å²) in [5.41, 5.74) is 0.657. The van der Waals surface area contributed by atoms with Gasteiger partial charge in [0.15, 0.2) is 0 Å². The van der Waals surface area contributed by atoms with E-state index in [2.05, 4.69) is 15.4 Å². The van der Waals surface area contributed by atoms with Gasteiger partial charge < -0.3 is 20.3 Å². The molecule has 1 saturated heterocycles. The molecule has 2 N–H and O–H groups in total. The highest BCUT2D eigenvalue weighted by Crippen LogP contribution is 2.22. The van der Waals surface area contributed by atoms with Gasteiger partial charge in [0, 0.05) is 18.8 Å². The third-order valence-electron chi connectivity index (χ3n) is 3.60. The summed E-state index contributed by atoms with van der Waals surface area (Å²) in [7, 11) is 1.26. The Labute approximate surface area is 138 Å². The van der Waals surface area contributed by atoms with Crippen molar-refractivity contribution in [1.82, 2.24) is 10.2 Å². The van der Waals surface area contributed by atoms with Crippen LogP contribution in [0.25, 0.3) is 0 Å². The summed E-state index contributed by atoms with van der Waals surface area (Å²) >= 11 is 6.02. The summed E-state index contributed by atoms with van der Waals surface area (Å²) in [5.74, 6) is -0.709. The molecule has 7 nitrogen and oxygen atoms in total. The highest BCUT2D eigenvalue weighted by molar-refractivity contribution is 6.34. The average Bonchev–Trinajstić information content (AvgIpc) is 2.54. The van der Waals surface area contributed by atoms with Gasteiger partial charge in [-0.1, -0.05) is 18.5 Å². The van der Waals surface area contributed by atoms with Crippen molar-refractivity contribution in [3.8, 4) is 0 Å². The van der Waals surface area contributed by atoms with Crippen LogP contribution in [0.3, 0.4) is 0 Å². The largest absolute Gasteiger partial charge is 0.465 e. The number of methoxy groups -OCH3 is 1. The number of halogens is 1. The summed E-state index contributed by atoms with van der Waals surface area (Å²) in [6.07, 6.45) is 0.529. The molecule has 0 bridgehead atoms. The molecule has 0 aliphatic carbocycles. The van der Waals surface area contributed by atoms with E-state index in [9.17, 15) is 14.4 Å². The van der Waals surface area contributed by atoms with E-state index in [4.69, 9.17) is 11.6 Å². The number of anilines is 1. The zero-order valence-electron chi connectivity index (χ0n) is 12.9. The Morgan fingerprint density at radius 3 is 2.83 bits per heavy atom. The van der Waals surface area contributed by atoms with Crippen molar-refractivity contribution < 1.29 is 19.1 Å². The van der Waals surface area contributed by atoms with E-state index in [0.29, 0.717) is 25.2 Å². The zero-order valence-corrected chi connectivity index (χ0v) is 13.6. The molecule has 23 heavy (non-hydrogen) atoms. The number of benzene rings is 1. The number of esters is 1. The number of piperazine rings is 1. The lowest BCUT2D eigenvalue weighted by atomic mass is 10.1. The number of hydrogen-bond donors (Lipinski definition) is 2. The molecule has 1 aliphatic rings. The molecule has 1 aliphatic heterocycles. The first-order valence-electron chi connectivity index (χ1n) is 7.21. The minimum Gasteiger partial charge on any atom is -0.465 e. The van der Waals surface area contributed by atoms with Crippen LogP contribution >= 0.6 is 11.6 Å². The molecular weight excluding hydrogens is 322 g/mol. The van der Waals surface area contributed by atoms with Crippen LogP contribution in [0.5, 0.6) is 0 Å². The third-order valence-corrected chi connectivity index (χ3v) is 3.92. The molecule has 0 unspecified atom stereocenters. The van der Waals surface area contributed by atoms with E-state index in [1.54, 1.807) is 6.07 Å². The smallest absolute Gasteiger partial charge is 0.339 e. The molecule has 2 rings (SSSR count). The normalized spacial score (nSPS) is 17.4. The second kappa shape index (κ2) is 7.32. The Kier molecular flexibility index (Phi) is 5.44. The lowest BCUT2D eigenvalue weighted by molar-refractivity contribution is -0.127. The van der Waals surface area contributed by atoms with E-state index in [-0.39, 0.29) is 22.5 Å². The fourth-order valence-corrected chi connectivity index (χ4v) is 2.68. The van der Waals surface area contributed by atoms with Gasteiger partial charge in [0.1, 0.15) is 6.04 Å². The maximum Gasteiger partial charge on any atom is 0.339 e. The summed E-state index contributed by atoms with van der Waals surface area (Å²) < 4.78 is 4.61. The lowest BCUT2D eigenvalue weighted by Gasteiger charge is -2.34. The van der Waals surface area contributed by atoms with Crippen LogP contribution < -0.4 is 10.6 Å². The van der Waals surface area contributed by atoms with Crippen molar-refractivity contribution >= 4 is 35.2 Å². The van der Waals surface area contributed by atoms with Gasteiger partial charge >= 0.3 is 12.0 Å². The highest BCUT2D eigenvalue weighted by atomic mass is 35.5. The van der Waals surface area contributed by atoms with Gasteiger partial charge in [-0.3, -0.25) is 4.79 Å². The number of hydrogen-bond acceptors (Lipinski definition) is 4. The van der Waals surface area contributed by atoms with Crippen molar-refractivity contribution in [2.24, 2.45) is 0 Å². The molecular formula is C15H18ClN3O4. The maximum atomic E-state index is 12.4. The van der Waals surface area contributed by atoms with Gasteiger partial charge in [-0.2, -0.15) is 0 Å². The van der Waals surface area contributed by atoms with E-state index in [1.807, 2.05) is 6.92 Å². The molecule has 0 aromatic heterocycles. The molecule has 8 heteroatoms. The third kappa shape index (κ3) is 3.73. The van der Waals surface area contributed by atoms with Crippen LogP contribution in [0.15, 0.2) is 18.2 Å². The van der Waals surface area contributed by atoms with Gasteiger partial charge in [0.25, 0.3) is 0 Å². The molecule has 1 aromatic rings. The average molecular weight is 340 g/mol. The van der Waals surface area contributed by atoms with Crippen LogP contribution in [-0.2, 0) is 9.53 Å². The number of rotatable bonds is 3. The Bertz CT molecular complexity index is 635. The SMILES string of the molecule is CC[C@H]1C(=O)NCCN1C(=O)Nc1ccc(C(=O)OC)c(Cl)c1. The number of urea groups is 1. The standard InChI is InChI=1S/C15H18ClN3O4/c1-3-12-13(20)17-6-7-19(12)15(22)18-9-4-5-10(11(16)8-9)14(21)23-2/h4-5,8,12H,3,6-7H2,1-2H3,(H,17,20)(H,18,22)/t12-/m0/s1. The monoisotopic (exact) mass is 339 g/mol. The predicted molar refractivity (Wildman–Crippen MR) is 85.6 cm³/mol. The van der Waals surface area contributed by atoms with Gasteiger partial charge in [0.05, 0.1) is 17.7 Å². The molecule has 3 amide bonds. The topological polar surface area (TPSA) is 87.7 Å². The lowest BCUT2D eigenvalue weighted by Crippen LogP contribution is -2.57. The Morgan fingerprint density at radius 1 is 1.48 bits per heavy atom. The first kappa shape index (κ1) is 17.1. The predicted octanol–water partition coefficient (Wildman–Crippen LogP) is 1.87. The van der Waals surface area contributed by atoms with E-state index >= 15 is 0 Å². The molecule has 1 aromatic carbocycles. The molecule has 1 fully saturated rings. The summed E-state index contributed by atoms with van der Waals surface area (Å²) in [5, 5.41) is 5.60. The van der Waals surface area contributed by atoms with Crippen molar-refractivity contribution in [3.63, 3.8) is 0 Å². The van der Waals surface area contributed by atoms with Gasteiger partial charge in [-0.05, 0) is 24.6 Å². The second-order valence-corrected chi connectivity index (χ2v) is 5.43. The fraction of sp³-hybridized carbons (Fsp3) is 0.400. The molecule has 1 heterocycles. The van der Waals surface area contributed by atoms with Crippen molar-refractivity contribution in [3.05, 3.63) is 28.8 Å². The first-order valence-corrected chi connectivity index (χ1v) is 7.59. The zero-order chi connectivity index (χ0) is 17.0. The van der Waals surface area contributed by atoms with Crippen LogP contribution in [0.2, 0.25) is 5.02 Å². The van der Waals surface area contributed by atoms with Gasteiger partial charge in [-0.15, -0.1) is 0 Å². The van der Waals surface area contributed by atoms with Gasteiger partial charge in [0.2, 0.25) is 5.91 Å². The number of nitrogens with zero attached hydrogens (tertiary/aromatic N) is 1. The molecule has 0 saturated carbocycles. The van der Waals surface area contributed by atoms with Crippen LogP contribution in [-0.4, -0.2) is 49.0 Å². The molecule has 0 radical (unpaired) electrons. The summed E-state index contributed by atoms with van der Waals surface area (Å²) in [6, 6.07) is 3.63. The summed E-state index contributed by atoms with van der Waals surface area (Å²) in [4.78, 5) is 37.1. The first-order chi connectivity index (χ1) is 11.0. The minimum absolute atomic E-state index is 0.159.